The van der Waals surface area contributed by atoms with Crippen molar-refractivity contribution >= 4 is 11.8 Å². The molecule has 2 rings (SSSR count). The quantitative estimate of drug-likeness (QED) is 0.759. The molecule has 0 spiro atoms. The highest BCUT2D eigenvalue weighted by Gasteiger charge is 2.09. The number of aromatic nitrogens is 2. The Morgan fingerprint density at radius 2 is 2.00 bits per heavy atom. The van der Waals surface area contributed by atoms with Gasteiger partial charge in [0.2, 0.25) is 0 Å². The summed E-state index contributed by atoms with van der Waals surface area (Å²) in [6.07, 6.45) is 3.58. The summed E-state index contributed by atoms with van der Waals surface area (Å²) in [6.45, 7) is 4.41. The van der Waals surface area contributed by atoms with Gasteiger partial charge in [0.25, 0.3) is 0 Å². The molecule has 0 amide bonds. The number of carbonyl (C=O) groups is 1. The molecule has 0 saturated heterocycles. The largest absolute Gasteiger partial charge is 0.466 e. The molecule has 5 heteroatoms. The molecule has 1 aromatic heterocycles. The number of benzene rings is 1. The second-order valence-corrected chi connectivity index (χ2v) is 5.43. The average molecular weight is 315 g/mol. The van der Waals surface area contributed by atoms with Gasteiger partial charge in [0.1, 0.15) is 5.82 Å². The zero-order chi connectivity index (χ0) is 16.7. The molecule has 0 aliphatic rings. The summed E-state index contributed by atoms with van der Waals surface area (Å²) in [6, 6.07) is 9.93. The molecule has 0 aliphatic heterocycles. The number of anilines is 1. The Bertz CT molecular complexity index is 632. The van der Waals surface area contributed by atoms with Gasteiger partial charge in [-0.25, -0.2) is 4.68 Å². The topological polar surface area (TPSA) is 56.2 Å². The summed E-state index contributed by atoms with van der Waals surface area (Å²) in [5.41, 5.74) is 3.01. The van der Waals surface area contributed by atoms with Crippen molar-refractivity contribution < 1.29 is 9.53 Å². The van der Waals surface area contributed by atoms with Gasteiger partial charge in [0, 0.05) is 13.1 Å². The lowest BCUT2D eigenvalue weighted by Gasteiger charge is -2.08. The first kappa shape index (κ1) is 17.1. The minimum atomic E-state index is -0.197. The molecule has 0 bridgehead atoms. The normalized spacial score (nSPS) is 10.6. The Kier molecular flexibility index (Phi) is 6.20. The number of ether oxygens (including phenoxy) is 1. The van der Waals surface area contributed by atoms with Crippen molar-refractivity contribution in [3.8, 4) is 5.69 Å². The molecule has 0 saturated carbocycles. The molecule has 1 aromatic carbocycles. The number of nitrogens with zero attached hydrogens (tertiary/aromatic N) is 2. The molecule has 1 N–H and O–H groups in total. The molecular weight excluding hydrogens is 290 g/mol. The molecule has 124 valence electrons. The number of rotatable bonds is 8. The third-order valence-electron chi connectivity index (χ3n) is 3.64. The van der Waals surface area contributed by atoms with Gasteiger partial charge in [-0.1, -0.05) is 25.5 Å². The van der Waals surface area contributed by atoms with E-state index in [4.69, 9.17) is 4.74 Å². The van der Waals surface area contributed by atoms with Crippen LogP contribution in [0.15, 0.2) is 30.3 Å². The van der Waals surface area contributed by atoms with Crippen LogP contribution in [0.25, 0.3) is 5.69 Å². The minimum absolute atomic E-state index is 0.197. The second kappa shape index (κ2) is 8.36. The third kappa shape index (κ3) is 4.58. The monoisotopic (exact) mass is 315 g/mol. The van der Waals surface area contributed by atoms with Crippen LogP contribution in [-0.4, -0.2) is 29.4 Å². The van der Waals surface area contributed by atoms with E-state index in [1.165, 1.54) is 0 Å². The van der Waals surface area contributed by atoms with Gasteiger partial charge in [0.15, 0.2) is 0 Å². The molecule has 2 aromatic rings. The smallest absolute Gasteiger partial charge is 0.310 e. The number of aryl methyl sites for hydroxylation is 1. The molecule has 1 heterocycles. The van der Waals surface area contributed by atoms with Crippen LogP contribution >= 0.6 is 0 Å². The van der Waals surface area contributed by atoms with Crippen molar-refractivity contribution in [2.24, 2.45) is 0 Å². The SMILES string of the molecule is CCCCc1cc(NC)n(-c2ccc(CC(=O)OCC)cc2)n1. The highest BCUT2D eigenvalue weighted by Crippen LogP contribution is 2.19. The fourth-order valence-corrected chi connectivity index (χ4v) is 2.42. The fourth-order valence-electron chi connectivity index (χ4n) is 2.42. The lowest BCUT2D eigenvalue weighted by atomic mass is 10.1. The Balaban J connectivity index is 2.15. The van der Waals surface area contributed by atoms with E-state index in [1.807, 2.05) is 42.9 Å². The number of nitrogens with one attached hydrogen (secondary N) is 1. The Labute approximate surface area is 137 Å². The van der Waals surface area contributed by atoms with Crippen molar-refractivity contribution in [3.05, 3.63) is 41.6 Å². The lowest BCUT2D eigenvalue weighted by molar-refractivity contribution is -0.142. The lowest BCUT2D eigenvalue weighted by Crippen LogP contribution is -2.08. The first-order chi connectivity index (χ1) is 11.2. The number of unbranched alkanes of at least 4 members (excludes halogenated alkanes) is 1. The van der Waals surface area contributed by atoms with Gasteiger partial charge >= 0.3 is 5.97 Å². The molecule has 23 heavy (non-hydrogen) atoms. The molecule has 0 radical (unpaired) electrons. The van der Waals surface area contributed by atoms with Crippen LogP contribution in [0.3, 0.4) is 0 Å². The molecule has 0 atom stereocenters. The highest BCUT2D eigenvalue weighted by molar-refractivity contribution is 5.72. The van der Waals surface area contributed by atoms with E-state index in [-0.39, 0.29) is 5.97 Å². The summed E-state index contributed by atoms with van der Waals surface area (Å²) in [4.78, 5) is 11.5. The van der Waals surface area contributed by atoms with Crippen molar-refractivity contribution in [1.29, 1.82) is 0 Å². The number of hydrogen-bond donors (Lipinski definition) is 1. The summed E-state index contributed by atoms with van der Waals surface area (Å²) in [5, 5.41) is 7.85. The van der Waals surface area contributed by atoms with Gasteiger partial charge in [0.05, 0.1) is 24.4 Å². The first-order valence-corrected chi connectivity index (χ1v) is 8.19. The van der Waals surface area contributed by atoms with E-state index in [0.717, 1.165) is 42.0 Å². The predicted octanol–water partition coefficient (Wildman–Crippen LogP) is 3.36. The van der Waals surface area contributed by atoms with Crippen molar-refractivity contribution in [2.45, 2.75) is 39.5 Å². The standard InChI is InChI=1S/C18H25N3O2/c1-4-6-7-15-13-17(19-3)21(20-15)16-10-8-14(9-11-16)12-18(22)23-5-2/h8-11,13,19H,4-7,12H2,1-3H3. The van der Waals surface area contributed by atoms with E-state index in [9.17, 15) is 4.79 Å². The third-order valence-corrected chi connectivity index (χ3v) is 3.64. The summed E-state index contributed by atoms with van der Waals surface area (Å²) < 4.78 is 6.87. The minimum Gasteiger partial charge on any atom is -0.466 e. The van der Waals surface area contributed by atoms with Crippen molar-refractivity contribution in [3.63, 3.8) is 0 Å². The maximum absolute atomic E-state index is 11.5. The number of hydrogen-bond acceptors (Lipinski definition) is 4. The highest BCUT2D eigenvalue weighted by atomic mass is 16.5. The van der Waals surface area contributed by atoms with E-state index >= 15 is 0 Å². The maximum Gasteiger partial charge on any atom is 0.310 e. The van der Waals surface area contributed by atoms with Crippen molar-refractivity contribution in [2.75, 3.05) is 19.0 Å². The molecule has 5 nitrogen and oxygen atoms in total. The van der Waals surface area contributed by atoms with Gasteiger partial charge in [-0.2, -0.15) is 5.10 Å². The Morgan fingerprint density at radius 3 is 2.61 bits per heavy atom. The predicted molar refractivity (Wildman–Crippen MR) is 92.1 cm³/mol. The van der Waals surface area contributed by atoms with Gasteiger partial charge in [-0.3, -0.25) is 4.79 Å². The van der Waals surface area contributed by atoms with Crippen LogP contribution in [0.1, 0.15) is 37.9 Å². The zero-order valence-electron chi connectivity index (χ0n) is 14.1. The molecule has 0 aliphatic carbocycles. The zero-order valence-corrected chi connectivity index (χ0v) is 14.1. The van der Waals surface area contributed by atoms with Crippen LogP contribution < -0.4 is 5.32 Å². The van der Waals surface area contributed by atoms with Crippen LogP contribution in [0.2, 0.25) is 0 Å². The summed E-state index contributed by atoms with van der Waals surface area (Å²) in [5.74, 6) is 0.770. The first-order valence-electron chi connectivity index (χ1n) is 8.19. The van der Waals surface area contributed by atoms with Crippen LogP contribution in [0.4, 0.5) is 5.82 Å². The van der Waals surface area contributed by atoms with Gasteiger partial charge in [-0.05, 0) is 37.5 Å². The van der Waals surface area contributed by atoms with E-state index in [1.54, 1.807) is 0 Å². The summed E-state index contributed by atoms with van der Waals surface area (Å²) in [7, 11) is 1.90. The second-order valence-electron chi connectivity index (χ2n) is 5.43. The maximum atomic E-state index is 11.5. The van der Waals surface area contributed by atoms with Crippen LogP contribution in [0, 0.1) is 0 Å². The van der Waals surface area contributed by atoms with Crippen molar-refractivity contribution in [1.82, 2.24) is 9.78 Å². The fraction of sp³-hybridized carbons (Fsp3) is 0.444. The number of esters is 1. The van der Waals surface area contributed by atoms with Gasteiger partial charge < -0.3 is 10.1 Å². The Morgan fingerprint density at radius 1 is 1.26 bits per heavy atom. The Hall–Kier alpha value is -2.30. The van der Waals surface area contributed by atoms with Crippen LogP contribution in [0.5, 0.6) is 0 Å². The molecule has 0 fully saturated rings. The number of carbonyl (C=O) groups excluding carboxylic acids is 1. The molecule has 0 unspecified atom stereocenters. The molecular formula is C18H25N3O2. The van der Waals surface area contributed by atoms with E-state index < -0.39 is 0 Å². The van der Waals surface area contributed by atoms with Gasteiger partial charge in [-0.15, -0.1) is 0 Å². The van der Waals surface area contributed by atoms with E-state index in [2.05, 4.69) is 23.4 Å². The average Bonchev–Trinajstić information content (AvgIpc) is 2.97. The van der Waals surface area contributed by atoms with Crippen LogP contribution in [-0.2, 0) is 22.4 Å². The van der Waals surface area contributed by atoms with E-state index in [0.29, 0.717) is 13.0 Å². The summed E-state index contributed by atoms with van der Waals surface area (Å²) >= 11 is 0.